The smallest absolute Gasteiger partial charge is 0.0562 e. The van der Waals surface area contributed by atoms with Gasteiger partial charge in [-0.15, -0.1) is 11.8 Å². The lowest BCUT2D eigenvalue weighted by Crippen LogP contribution is -2.16. The molecule has 0 bridgehead atoms. The lowest BCUT2D eigenvalue weighted by Gasteiger charge is -2.28. The van der Waals surface area contributed by atoms with Gasteiger partial charge < -0.3 is 9.47 Å². The highest BCUT2D eigenvalue weighted by Gasteiger charge is 2.36. The van der Waals surface area contributed by atoms with Crippen molar-refractivity contribution in [3.8, 4) is 27.9 Å². The van der Waals surface area contributed by atoms with Crippen LogP contribution in [0.3, 0.4) is 0 Å². The van der Waals surface area contributed by atoms with Crippen molar-refractivity contribution in [3.05, 3.63) is 210 Å². The first-order valence-electron chi connectivity index (χ1n) is 21.7. The Balaban J connectivity index is 0.00000207. The summed E-state index contributed by atoms with van der Waals surface area (Å²) in [5.74, 6) is 0.387. The maximum atomic E-state index is 2.52. The fraction of sp³-hybridized carbons (Fsp3) is 0.138. The van der Waals surface area contributed by atoms with E-state index < -0.39 is 0 Å². The van der Waals surface area contributed by atoms with Gasteiger partial charge in [-0.25, -0.2) is 0 Å². The van der Waals surface area contributed by atoms with E-state index in [-0.39, 0.29) is 5.41 Å². The van der Waals surface area contributed by atoms with E-state index in [2.05, 4.69) is 218 Å². The molecule has 2 aliphatic carbocycles. The molecule has 2 unspecified atom stereocenters. The normalized spacial score (nSPS) is 16.5. The maximum absolute atomic E-state index is 2.52. The topological polar surface area (TPSA) is 8.17 Å². The third-order valence-corrected chi connectivity index (χ3v) is 14.5. The van der Waals surface area contributed by atoms with Crippen LogP contribution in [0, 0.1) is 6.92 Å². The van der Waals surface area contributed by atoms with E-state index in [1.165, 1.54) is 87.7 Å². The fourth-order valence-corrected chi connectivity index (χ4v) is 11.5. The van der Waals surface area contributed by atoms with Gasteiger partial charge in [-0.05, 0) is 117 Å². The zero-order valence-electron chi connectivity index (χ0n) is 35.4. The molecular weight excluding hydrogens is 757 g/mol. The van der Waals surface area contributed by atoms with Crippen molar-refractivity contribution in [1.82, 2.24) is 4.57 Å². The summed E-state index contributed by atoms with van der Waals surface area (Å²) in [6, 6.07) is 61.7. The summed E-state index contributed by atoms with van der Waals surface area (Å²) in [7, 11) is 0. The summed E-state index contributed by atoms with van der Waals surface area (Å²) in [5, 5.41) is 5.54. The van der Waals surface area contributed by atoms with Crippen LogP contribution in [0.5, 0.6) is 0 Å². The number of allylic oxidation sites excluding steroid dienone is 3. The average molecular weight is 805 g/mol. The second kappa shape index (κ2) is 14.6. The van der Waals surface area contributed by atoms with Gasteiger partial charge in [0, 0.05) is 55.0 Å². The van der Waals surface area contributed by atoms with E-state index >= 15 is 0 Å². The molecule has 12 rings (SSSR count). The molecule has 3 heteroatoms. The van der Waals surface area contributed by atoms with Crippen LogP contribution in [0.2, 0.25) is 0 Å². The van der Waals surface area contributed by atoms with Gasteiger partial charge in [0.15, 0.2) is 0 Å². The molecule has 0 N–H and O–H groups in total. The van der Waals surface area contributed by atoms with E-state index in [0.29, 0.717) is 11.2 Å². The first-order chi connectivity index (χ1) is 29.9. The Morgan fingerprint density at radius 2 is 1.25 bits per heavy atom. The van der Waals surface area contributed by atoms with Crippen LogP contribution in [0.15, 0.2) is 193 Å². The van der Waals surface area contributed by atoms with E-state index in [4.69, 9.17) is 0 Å². The summed E-state index contributed by atoms with van der Waals surface area (Å²) in [4.78, 5) is 3.84. The van der Waals surface area contributed by atoms with Crippen LogP contribution >= 0.6 is 11.8 Å². The Morgan fingerprint density at radius 1 is 0.557 bits per heavy atom. The summed E-state index contributed by atoms with van der Waals surface area (Å²) < 4.78 is 2.52. The van der Waals surface area contributed by atoms with E-state index in [1.807, 2.05) is 25.6 Å². The molecule has 0 radical (unpaired) electrons. The van der Waals surface area contributed by atoms with Gasteiger partial charge in [-0.1, -0.05) is 161 Å². The molecule has 61 heavy (non-hydrogen) atoms. The number of aryl methyl sites for hydroxylation is 1. The minimum atomic E-state index is -0.117. The number of hydrogen-bond acceptors (Lipinski definition) is 2. The molecular formula is C58H48N2S. The van der Waals surface area contributed by atoms with Crippen LogP contribution in [0.1, 0.15) is 55.9 Å². The van der Waals surface area contributed by atoms with Crippen LogP contribution in [-0.4, -0.2) is 9.82 Å². The Hall–Kier alpha value is -6.55. The van der Waals surface area contributed by atoms with E-state index in [9.17, 15) is 0 Å². The predicted octanol–water partition coefficient (Wildman–Crippen LogP) is 16.4. The second-order valence-electron chi connectivity index (χ2n) is 17.0. The monoisotopic (exact) mass is 804 g/mol. The molecule has 0 saturated heterocycles. The summed E-state index contributed by atoms with van der Waals surface area (Å²) in [6.07, 6.45) is 9.14. The molecule has 2 nitrogen and oxygen atoms in total. The number of nitrogens with zero attached hydrogens (tertiary/aromatic N) is 2. The van der Waals surface area contributed by atoms with Crippen LogP contribution < -0.4 is 4.90 Å². The minimum absolute atomic E-state index is 0.117. The largest absolute Gasteiger partial charge is 0.310 e. The molecule has 2 heterocycles. The SMILES string of the molecule is CC.Cc1ccc(-c2ccc(N(c3ccc4c(c3)C(C)(C)c3ccccc3-4)c3ccc4c5c6ccccc6ccc5n(-c5ccc6c(c5)C5C=CC=CC5S6)c4c3)cc2)cc1. The Kier molecular flexibility index (Phi) is 8.95. The number of benzene rings is 8. The number of fused-ring (bicyclic) bond motifs is 11. The van der Waals surface area contributed by atoms with Crippen LogP contribution in [0.25, 0.3) is 60.5 Å². The number of aromatic nitrogens is 1. The fourth-order valence-electron chi connectivity index (χ4n) is 10.2. The Labute approximate surface area is 363 Å². The number of anilines is 3. The first kappa shape index (κ1) is 37.4. The van der Waals surface area contributed by atoms with Crippen molar-refractivity contribution < 1.29 is 0 Å². The molecule has 3 aliphatic rings. The first-order valence-corrected chi connectivity index (χ1v) is 22.6. The molecule has 1 aromatic heterocycles. The molecule has 1 aliphatic heterocycles. The maximum Gasteiger partial charge on any atom is 0.0562 e. The summed E-state index contributed by atoms with van der Waals surface area (Å²) >= 11 is 1.99. The van der Waals surface area contributed by atoms with Gasteiger partial charge in [0.05, 0.1) is 11.0 Å². The van der Waals surface area contributed by atoms with Crippen molar-refractivity contribution >= 4 is 61.4 Å². The van der Waals surface area contributed by atoms with Crippen molar-refractivity contribution in [2.75, 3.05) is 4.90 Å². The van der Waals surface area contributed by atoms with Crippen molar-refractivity contribution in [3.63, 3.8) is 0 Å². The third-order valence-electron chi connectivity index (χ3n) is 13.2. The van der Waals surface area contributed by atoms with Gasteiger partial charge in [-0.2, -0.15) is 0 Å². The minimum Gasteiger partial charge on any atom is -0.310 e. The second-order valence-corrected chi connectivity index (χ2v) is 18.2. The third kappa shape index (κ3) is 5.93. The molecule has 0 fully saturated rings. The highest BCUT2D eigenvalue weighted by molar-refractivity contribution is 8.00. The molecule has 0 saturated carbocycles. The van der Waals surface area contributed by atoms with Crippen LogP contribution in [0.4, 0.5) is 17.1 Å². The van der Waals surface area contributed by atoms with E-state index in [1.54, 1.807) is 0 Å². The van der Waals surface area contributed by atoms with Crippen molar-refractivity contribution in [2.45, 2.75) is 56.1 Å². The molecule has 0 spiro atoms. The standard InChI is InChI=1S/C56H42N2S.C2H6/c1-35-16-18-36(19-17-35)37-20-23-39(24-21-37)57(41-25-28-45-44-12-6-8-14-49(44)56(2,3)50(45)33-41)42-26-29-47-52(34-42)58(51-30-22-38-10-4-5-11-43(38)55(47)51)40-27-31-54-48(32-40)46-13-7-9-15-53(46)59-54;1-2/h4-34,46,53H,1-3H3;1-2H3. The molecule has 8 aromatic carbocycles. The van der Waals surface area contributed by atoms with Gasteiger partial charge in [0.1, 0.15) is 0 Å². The number of thioether (sulfide) groups is 1. The van der Waals surface area contributed by atoms with Crippen LogP contribution in [-0.2, 0) is 5.41 Å². The highest BCUT2D eigenvalue weighted by Crippen LogP contribution is 2.52. The van der Waals surface area contributed by atoms with Gasteiger partial charge >= 0.3 is 0 Å². The molecule has 296 valence electrons. The Morgan fingerprint density at radius 3 is 2.08 bits per heavy atom. The van der Waals surface area contributed by atoms with E-state index in [0.717, 1.165) is 17.1 Å². The Bertz CT molecular complexity index is 3230. The van der Waals surface area contributed by atoms with Crippen molar-refractivity contribution in [2.24, 2.45) is 0 Å². The predicted molar refractivity (Wildman–Crippen MR) is 263 cm³/mol. The van der Waals surface area contributed by atoms with Gasteiger partial charge in [-0.3, -0.25) is 0 Å². The summed E-state index contributed by atoms with van der Waals surface area (Å²) in [6.45, 7) is 10.9. The average Bonchev–Trinajstić information content (AvgIpc) is 3.92. The lowest BCUT2D eigenvalue weighted by atomic mass is 9.82. The molecule has 9 aromatic rings. The summed E-state index contributed by atoms with van der Waals surface area (Å²) in [5.41, 5.74) is 17.4. The molecule has 2 atom stereocenters. The number of hydrogen-bond donors (Lipinski definition) is 0. The van der Waals surface area contributed by atoms with Gasteiger partial charge in [0.25, 0.3) is 0 Å². The van der Waals surface area contributed by atoms with Gasteiger partial charge in [0.2, 0.25) is 0 Å². The highest BCUT2D eigenvalue weighted by atomic mass is 32.2. The lowest BCUT2D eigenvalue weighted by molar-refractivity contribution is 0.660. The van der Waals surface area contributed by atoms with Crippen molar-refractivity contribution in [1.29, 1.82) is 0 Å². The zero-order valence-corrected chi connectivity index (χ0v) is 36.2. The quantitative estimate of drug-likeness (QED) is 0.171. The number of rotatable bonds is 5. The molecule has 0 amide bonds. The zero-order chi connectivity index (χ0) is 41.4.